The zero-order valence-electron chi connectivity index (χ0n) is 12.5. The first kappa shape index (κ1) is 17.5. The number of halogens is 4. The summed E-state index contributed by atoms with van der Waals surface area (Å²) in [4.78, 5) is 13.0. The molecule has 1 heterocycles. The first-order valence-electron chi connectivity index (χ1n) is 7.37. The van der Waals surface area contributed by atoms with E-state index >= 15 is 0 Å². The van der Waals surface area contributed by atoms with Crippen LogP contribution < -0.4 is 10.6 Å². The molecule has 1 aliphatic rings. The molecule has 0 aromatic heterocycles. The number of carbonyl (C=O) groups excluding carboxylic acids is 1. The van der Waals surface area contributed by atoms with Gasteiger partial charge in [0.15, 0.2) is 0 Å². The van der Waals surface area contributed by atoms with Crippen LogP contribution in [0.5, 0.6) is 0 Å². The van der Waals surface area contributed by atoms with E-state index in [4.69, 9.17) is 0 Å². The normalized spacial score (nSPS) is 18.9. The molecule has 0 saturated carbocycles. The minimum Gasteiger partial charge on any atom is -0.338 e. The SMILES string of the molecule is O=C(NCc1ccc(F)cc1)NC[C@H]1CCN(CC(F)(F)F)C1. The van der Waals surface area contributed by atoms with Crippen molar-refractivity contribution in [2.75, 3.05) is 26.2 Å². The minimum atomic E-state index is -4.19. The van der Waals surface area contributed by atoms with Gasteiger partial charge in [-0.1, -0.05) is 12.1 Å². The Morgan fingerprint density at radius 2 is 1.91 bits per heavy atom. The third-order valence-electron chi connectivity index (χ3n) is 3.69. The van der Waals surface area contributed by atoms with Crippen molar-refractivity contribution < 1.29 is 22.4 Å². The summed E-state index contributed by atoms with van der Waals surface area (Å²) in [5.74, 6) is -0.322. The van der Waals surface area contributed by atoms with Gasteiger partial charge in [-0.3, -0.25) is 4.90 Å². The van der Waals surface area contributed by atoms with Gasteiger partial charge in [-0.25, -0.2) is 9.18 Å². The predicted octanol–water partition coefficient (Wildman–Crippen LogP) is 2.51. The van der Waals surface area contributed by atoms with Gasteiger partial charge in [0.05, 0.1) is 6.54 Å². The van der Waals surface area contributed by atoms with Crippen molar-refractivity contribution in [2.45, 2.75) is 19.1 Å². The molecular formula is C15H19F4N3O. The van der Waals surface area contributed by atoms with E-state index in [1.165, 1.54) is 17.0 Å². The highest BCUT2D eigenvalue weighted by Gasteiger charge is 2.34. The van der Waals surface area contributed by atoms with Gasteiger partial charge in [0, 0.05) is 19.6 Å². The van der Waals surface area contributed by atoms with Crippen LogP contribution in [0.2, 0.25) is 0 Å². The zero-order chi connectivity index (χ0) is 16.9. The number of amides is 2. The van der Waals surface area contributed by atoms with E-state index in [0.717, 1.165) is 5.56 Å². The fourth-order valence-corrected chi connectivity index (χ4v) is 2.56. The van der Waals surface area contributed by atoms with Crippen LogP contribution in [0.1, 0.15) is 12.0 Å². The Kier molecular flexibility index (Phi) is 5.81. The molecule has 0 bridgehead atoms. The van der Waals surface area contributed by atoms with E-state index in [1.54, 1.807) is 12.1 Å². The lowest BCUT2D eigenvalue weighted by Crippen LogP contribution is -2.39. The molecule has 1 aliphatic heterocycles. The van der Waals surface area contributed by atoms with E-state index in [1.807, 2.05) is 0 Å². The first-order chi connectivity index (χ1) is 10.8. The van der Waals surface area contributed by atoms with Gasteiger partial charge in [-0.2, -0.15) is 13.2 Å². The highest BCUT2D eigenvalue weighted by Crippen LogP contribution is 2.22. The standard InChI is InChI=1S/C15H19F4N3O/c16-13-3-1-11(2-4-13)7-20-14(23)21-8-12-5-6-22(9-12)10-15(17,18)19/h1-4,12H,5-10H2,(H2,20,21,23)/t12-/m1/s1. The molecular weight excluding hydrogens is 314 g/mol. The van der Waals surface area contributed by atoms with E-state index in [9.17, 15) is 22.4 Å². The Bertz CT molecular complexity index is 518. The molecule has 4 nitrogen and oxygen atoms in total. The number of alkyl halides is 3. The molecule has 23 heavy (non-hydrogen) atoms. The van der Waals surface area contributed by atoms with Crippen LogP contribution in [0.3, 0.4) is 0 Å². The van der Waals surface area contributed by atoms with E-state index in [2.05, 4.69) is 10.6 Å². The molecule has 1 aromatic rings. The molecule has 128 valence electrons. The number of hydrogen-bond acceptors (Lipinski definition) is 2. The summed E-state index contributed by atoms with van der Waals surface area (Å²) in [5, 5.41) is 5.28. The average Bonchev–Trinajstić information content (AvgIpc) is 2.90. The van der Waals surface area contributed by atoms with E-state index in [-0.39, 0.29) is 24.3 Å². The minimum absolute atomic E-state index is 0.0221. The van der Waals surface area contributed by atoms with Gasteiger partial charge >= 0.3 is 12.2 Å². The van der Waals surface area contributed by atoms with Crippen LogP contribution in [-0.2, 0) is 6.54 Å². The van der Waals surface area contributed by atoms with Crippen molar-refractivity contribution in [3.63, 3.8) is 0 Å². The van der Waals surface area contributed by atoms with Crippen molar-refractivity contribution >= 4 is 6.03 Å². The maximum atomic E-state index is 12.7. The highest BCUT2D eigenvalue weighted by molar-refractivity contribution is 5.73. The first-order valence-corrected chi connectivity index (χ1v) is 7.37. The molecule has 0 spiro atoms. The van der Waals surface area contributed by atoms with Crippen LogP contribution in [-0.4, -0.2) is 43.3 Å². The Labute approximate surface area is 131 Å². The molecule has 2 N–H and O–H groups in total. The summed E-state index contributed by atoms with van der Waals surface area (Å²) in [6, 6.07) is 5.37. The summed E-state index contributed by atoms with van der Waals surface area (Å²) >= 11 is 0. The van der Waals surface area contributed by atoms with Gasteiger partial charge in [-0.05, 0) is 36.6 Å². The van der Waals surface area contributed by atoms with Crippen molar-refractivity contribution in [1.82, 2.24) is 15.5 Å². The summed E-state index contributed by atoms with van der Waals surface area (Å²) in [6.45, 7) is 0.418. The summed E-state index contributed by atoms with van der Waals surface area (Å²) in [7, 11) is 0. The van der Waals surface area contributed by atoms with E-state index in [0.29, 0.717) is 26.1 Å². The molecule has 2 amide bonds. The zero-order valence-corrected chi connectivity index (χ0v) is 12.5. The van der Waals surface area contributed by atoms with Crippen LogP contribution in [0, 0.1) is 11.7 Å². The van der Waals surface area contributed by atoms with Gasteiger partial charge in [0.2, 0.25) is 0 Å². The van der Waals surface area contributed by atoms with Crippen molar-refractivity contribution in [3.05, 3.63) is 35.6 Å². The lowest BCUT2D eigenvalue weighted by molar-refractivity contribution is -0.143. The molecule has 1 aromatic carbocycles. The molecule has 0 radical (unpaired) electrons. The number of nitrogens with one attached hydrogen (secondary N) is 2. The highest BCUT2D eigenvalue weighted by atomic mass is 19.4. The molecule has 1 saturated heterocycles. The number of hydrogen-bond donors (Lipinski definition) is 2. The Morgan fingerprint density at radius 3 is 2.57 bits per heavy atom. The van der Waals surface area contributed by atoms with E-state index < -0.39 is 12.7 Å². The number of nitrogens with zero attached hydrogens (tertiary/aromatic N) is 1. The van der Waals surface area contributed by atoms with Crippen LogP contribution >= 0.6 is 0 Å². The van der Waals surface area contributed by atoms with Gasteiger partial charge < -0.3 is 10.6 Å². The van der Waals surface area contributed by atoms with Gasteiger partial charge in [0.25, 0.3) is 0 Å². The Morgan fingerprint density at radius 1 is 1.22 bits per heavy atom. The Hall–Kier alpha value is -1.83. The van der Waals surface area contributed by atoms with Crippen LogP contribution in [0.15, 0.2) is 24.3 Å². The molecule has 1 fully saturated rings. The average molecular weight is 333 g/mol. The summed E-state index contributed by atoms with van der Waals surface area (Å²) in [5.41, 5.74) is 0.763. The third kappa shape index (κ3) is 6.43. The van der Waals surface area contributed by atoms with Crippen LogP contribution in [0.4, 0.5) is 22.4 Å². The maximum absolute atomic E-state index is 12.7. The second kappa shape index (κ2) is 7.63. The number of benzene rings is 1. The lowest BCUT2D eigenvalue weighted by Gasteiger charge is -2.18. The summed E-state index contributed by atoms with van der Waals surface area (Å²) in [6.07, 6.45) is -3.55. The molecule has 8 heteroatoms. The van der Waals surface area contributed by atoms with Crippen molar-refractivity contribution in [1.29, 1.82) is 0 Å². The monoisotopic (exact) mass is 333 g/mol. The number of rotatable bonds is 5. The lowest BCUT2D eigenvalue weighted by atomic mass is 10.1. The number of urea groups is 1. The second-order valence-corrected chi connectivity index (χ2v) is 5.70. The molecule has 1 atom stereocenters. The fourth-order valence-electron chi connectivity index (χ4n) is 2.56. The molecule has 0 unspecified atom stereocenters. The quantitative estimate of drug-likeness (QED) is 0.813. The van der Waals surface area contributed by atoms with Gasteiger partial charge in [-0.15, -0.1) is 0 Å². The predicted molar refractivity (Wildman–Crippen MR) is 77.2 cm³/mol. The Balaban J connectivity index is 1.64. The maximum Gasteiger partial charge on any atom is 0.401 e. The molecule has 0 aliphatic carbocycles. The largest absolute Gasteiger partial charge is 0.401 e. The molecule has 2 rings (SSSR count). The second-order valence-electron chi connectivity index (χ2n) is 5.70. The number of carbonyl (C=O) groups is 1. The topological polar surface area (TPSA) is 44.4 Å². The van der Waals surface area contributed by atoms with Crippen molar-refractivity contribution in [2.24, 2.45) is 5.92 Å². The fraction of sp³-hybridized carbons (Fsp3) is 0.533. The van der Waals surface area contributed by atoms with Crippen molar-refractivity contribution in [3.8, 4) is 0 Å². The van der Waals surface area contributed by atoms with Crippen LogP contribution in [0.25, 0.3) is 0 Å². The smallest absolute Gasteiger partial charge is 0.338 e. The summed E-state index contributed by atoms with van der Waals surface area (Å²) < 4.78 is 49.6. The van der Waals surface area contributed by atoms with Gasteiger partial charge in [0.1, 0.15) is 5.82 Å². The number of likely N-dealkylation sites (tertiary alicyclic amines) is 1. The third-order valence-corrected chi connectivity index (χ3v) is 3.69.